The van der Waals surface area contributed by atoms with Gasteiger partial charge < -0.3 is 0 Å². The van der Waals surface area contributed by atoms with E-state index in [0.29, 0.717) is 0 Å². The van der Waals surface area contributed by atoms with E-state index < -0.39 is 0 Å². The normalized spacial score (nSPS) is 16.1. The van der Waals surface area contributed by atoms with Crippen LogP contribution in [0, 0.1) is 0 Å². The summed E-state index contributed by atoms with van der Waals surface area (Å²) in [6, 6.07) is 0. The van der Waals surface area contributed by atoms with E-state index in [0.717, 1.165) is 13.1 Å². The van der Waals surface area contributed by atoms with Gasteiger partial charge in [-0.3, -0.25) is 10.3 Å². The Balaban J connectivity index is 1.87. The molecule has 3 nitrogen and oxygen atoms in total. The topological polar surface area (TPSA) is 32.3 Å². The van der Waals surface area contributed by atoms with Gasteiger partial charge in [0, 0.05) is 6.42 Å². The third kappa shape index (κ3) is 10.2. The molecule has 1 rings (SSSR count). The summed E-state index contributed by atoms with van der Waals surface area (Å²) in [6.45, 7) is 6.63. The minimum Gasteiger partial charge on any atom is -0.293 e. The molecule has 0 saturated carbocycles. The number of rotatable bonds is 16. The van der Waals surface area contributed by atoms with Gasteiger partial charge in [-0.15, -0.1) is 0 Å². The average molecular weight is 353 g/mol. The van der Waals surface area contributed by atoms with Gasteiger partial charge in [-0.25, -0.2) is 4.90 Å². The maximum atomic E-state index is 6.08. The minimum atomic E-state index is 0.159. The van der Waals surface area contributed by atoms with Crippen molar-refractivity contribution in [2.24, 2.45) is 5.73 Å². The lowest BCUT2D eigenvalue weighted by Gasteiger charge is -2.16. The smallest absolute Gasteiger partial charge is 0.248 e. The molecule has 25 heavy (non-hydrogen) atoms. The number of amidine groups is 1. The number of nitrogens with zero attached hydrogens (tertiary/aromatic N) is 2. The molecule has 1 unspecified atom stereocenters. The molecular weight excluding hydrogens is 306 g/mol. The molecule has 3 heteroatoms. The lowest BCUT2D eigenvalue weighted by molar-refractivity contribution is -0.487. The second-order valence-corrected chi connectivity index (χ2v) is 8.12. The summed E-state index contributed by atoms with van der Waals surface area (Å²) in [5.74, 6) is 1.47. The van der Waals surface area contributed by atoms with Crippen molar-refractivity contribution in [2.75, 3.05) is 20.1 Å². The highest BCUT2D eigenvalue weighted by atomic mass is 15.3. The van der Waals surface area contributed by atoms with Gasteiger partial charge in [-0.1, -0.05) is 90.4 Å². The third-order valence-electron chi connectivity index (χ3n) is 5.69. The Morgan fingerprint density at radius 3 is 1.72 bits per heavy atom. The number of likely N-dealkylation sites (N-methyl/N-ethyl adjacent to an activating group) is 1. The molecule has 148 valence electrons. The van der Waals surface area contributed by atoms with Crippen LogP contribution in [-0.2, 0) is 0 Å². The molecule has 1 heterocycles. The van der Waals surface area contributed by atoms with E-state index in [1.54, 1.807) is 0 Å². The molecular formula is C22H46N3+. The molecule has 1 aliphatic heterocycles. The second kappa shape index (κ2) is 14.6. The van der Waals surface area contributed by atoms with E-state index >= 15 is 0 Å². The van der Waals surface area contributed by atoms with Crippen LogP contribution in [0.1, 0.15) is 110 Å². The van der Waals surface area contributed by atoms with Gasteiger partial charge in [0.05, 0.1) is 7.05 Å². The molecule has 0 saturated heterocycles. The number of hydrogen-bond acceptors (Lipinski definition) is 2. The first kappa shape index (κ1) is 22.5. The Hall–Kier alpha value is -0.570. The van der Waals surface area contributed by atoms with Crippen LogP contribution in [0.4, 0.5) is 0 Å². The zero-order valence-corrected chi connectivity index (χ0v) is 17.6. The van der Waals surface area contributed by atoms with Crippen LogP contribution in [0.3, 0.4) is 0 Å². The second-order valence-electron chi connectivity index (χ2n) is 8.12. The Morgan fingerprint density at radius 2 is 1.28 bits per heavy atom. The summed E-state index contributed by atoms with van der Waals surface area (Å²) >= 11 is 0. The number of unbranched alkanes of at least 4 members (excludes halogenated alkanes) is 13. The molecule has 2 N–H and O–H groups in total. The van der Waals surface area contributed by atoms with Crippen molar-refractivity contribution in [3.8, 4) is 0 Å². The maximum Gasteiger partial charge on any atom is 0.248 e. The van der Waals surface area contributed by atoms with E-state index in [9.17, 15) is 0 Å². The van der Waals surface area contributed by atoms with Gasteiger partial charge in [0.1, 0.15) is 19.3 Å². The molecule has 0 fully saturated rings. The summed E-state index contributed by atoms with van der Waals surface area (Å²) in [6.07, 6.45) is 21.3. The van der Waals surface area contributed by atoms with Crippen LogP contribution in [-0.4, -0.2) is 41.6 Å². The summed E-state index contributed by atoms with van der Waals surface area (Å²) in [5, 5.41) is 0. The predicted octanol–water partition coefficient (Wildman–Crippen LogP) is 5.52. The van der Waals surface area contributed by atoms with Crippen molar-refractivity contribution >= 4 is 5.84 Å². The first-order chi connectivity index (χ1) is 12.2. The van der Waals surface area contributed by atoms with Crippen LogP contribution in [0.5, 0.6) is 0 Å². The first-order valence-electron chi connectivity index (χ1n) is 11.3. The van der Waals surface area contributed by atoms with Crippen LogP contribution in [0.15, 0.2) is 0 Å². The largest absolute Gasteiger partial charge is 0.293 e. The fraction of sp³-hybridized carbons (Fsp3) is 0.955. The molecule has 0 amide bonds. The summed E-state index contributed by atoms with van der Waals surface area (Å²) in [7, 11) is 2.21. The standard InChI is InChI=1S/C22H46N3/c1-4-5-6-7-8-9-10-11-12-13-14-15-16-17-18-22-24(3)19-20-25(22)21(2)23/h21H,4-20,23H2,1-3H3/q+1. The number of hydrogen-bond donors (Lipinski definition) is 1. The van der Waals surface area contributed by atoms with E-state index in [1.165, 1.54) is 102 Å². The highest BCUT2D eigenvalue weighted by molar-refractivity contribution is 5.78. The summed E-state index contributed by atoms with van der Waals surface area (Å²) in [5.41, 5.74) is 6.08. The van der Waals surface area contributed by atoms with Crippen LogP contribution in [0.25, 0.3) is 0 Å². The monoisotopic (exact) mass is 352 g/mol. The molecule has 1 aliphatic rings. The quantitative estimate of drug-likeness (QED) is 0.293. The van der Waals surface area contributed by atoms with Crippen molar-refractivity contribution in [2.45, 2.75) is 116 Å². The molecule has 0 radical (unpaired) electrons. The zero-order valence-electron chi connectivity index (χ0n) is 17.6. The lowest BCUT2D eigenvalue weighted by atomic mass is 10.0. The van der Waals surface area contributed by atoms with Gasteiger partial charge in [0.2, 0.25) is 5.84 Å². The molecule has 0 aromatic rings. The maximum absolute atomic E-state index is 6.08. The van der Waals surface area contributed by atoms with Crippen LogP contribution >= 0.6 is 0 Å². The van der Waals surface area contributed by atoms with E-state index in [-0.39, 0.29) is 6.17 Å². The fourth-order valence-electron chi connectivity index (χ4n) is 3.99. The summed E-state index contributed by atoms with van der Waals surface area (Å²) < 4.78 is 2.39. The van der Waals surface area contributed by atoms with Gasteiger partial charge in [0.25, 0.3) is 0 Å². The Labute approximate surface area is 158 Å². The Kier molecular flexibility index (Phi) is 13.1. The molecule has 0 aromatic carbocycles. The van der Waals surface area contributed by atoms with E-state index in [2.05, 4.69) is 30.4 Å². The van der Waals surface area contributed by atoms with E-state index in [4.69, 9.17) is 5.73 Å². The molecule has 0 aromatic heterocycles. The van der Waals surface area contributed by atoms with Crippen LogP contribution in [0.2, 0.25) is 0 Å². The SMILES string of the molecule is CCCCCCCCCCCCCCCCC1=[N+](C)CCN1C(C)N. The van der Waals surface area contributed by atoms with Crippen molar-refractivity contribution in [1.82, 2.24) is 4.90 Å². The fourth-order valence-corrected chi connectivity index (χ4v) is 3.99. The molecule has 1 atom stereocenters. The Bertz CT molecular complexity index is 349. The first-order valence-corrected chi connectivity index (χ1v) is 11.3. The molecule has 0 bridgehead atoms. The molecule has 0 aliphatic carbocycles. The lowest BCUT2D eigenvalue weighted by Crippen LogP contribution is -2.42. The van der Waals surface area contributed by atoms with E-state index in [1.807, 2.05) is 0 Å². The molecule has 0 spiro atoms. The van der Waals surface area contributed by atoms with Crippen molar-refractivity contribution < 1.29 is 4.58 Å². The van der Waals surface area contributed by atoms with Gasteiger partial charge in [-0.2, -0.15) is 0 Å². The highest BCUT2D eigenvalue weighted by Crippen LogP contribution is 2.15. The number of nitrogens with two attached hydrogens (primary N) is 1. The van der Waals surface area contributed by atoms with Gasteiger partial charge in [0.15, 0.2) is 0 Å². The highest BCUT2D eigenvalue weighted by Gasteiger charge is 2.30. The van der Waals surface area contributed by atoms with Crippen molar-refractivity contribution in [3.63, 3.8) is 0 Å². The average Bonchev–Trinajstić information content (AvgIpc) is 2.96. The minimum absolute atomic E-state index is 0.159. The van der Waals surface area contributed by atoms with Gasteiger partial charge in [-0.05, 0) is 13.3 Å². The van der Waals surface area contributed by atoms with Crippen molar-refractivity contribution in [1.29, 1.82) is 0 Å². The van der Waals surface area contributed by atoms with Gasteiger partial charge >= 0.3 is 0 Å². The third-order valence-corrected chi connectivity index (χ3v) is 5.69. The van der Waals surface area contributed by atoms with Crippen LogP contribution < -0.4 is 5.73 Å². The van der Waals surface area contributed by atoms with Crippen molar-refractivity contribution in [3.05, 3.63) is 0 Å². The Morgan fingerprint density at radius 1 is 0.840 bits per heavy atom. The zero-order chi connectivity index (χ0) is 18.3. The predicted molar refractivity (Wildman–Crippen MR) is 111 cm³/mol. The summed E-state index contributed by atoms with van der Waals surface area (Å²) in [4.78, 5) is 2.38.